The molecule has 0 saturated heterocycles. The molecule has 2 heterocycles. The number of ether oxygens (including phenoxy) is 2. The van der Waals surface area contributed by atoms with Crippen molar-refractivity contribution in [2.24, 2.45) is 5.92 Å². The van der Waals surface area contributed by atoms with Crippen LogP contribution in [-0.2, 0) is 6.54 Å². The zero-order valence-corrected chi connectivity index (χ0v) is 22.8. The minimum Gasteiger partial charge on any atom is -0.497 e. The Labute approximate surface area is 223 Å². The maximum Gasteiger partial charge on any atom is 0.404 e. The highest BCUT2D eigenvalue weighted by Gasteiger charge is 2.18. The van der Waals surface area contributed by atoms with Gasteiger partial charge in [-0.2, -0.15) is 0 Å². The summed E-state index contributed by atoms with van der Waals surface area (Å²) in [5.74, 6) is 1.48. The quantitative estimate of drug-likeness (QED) is 0.250. The van der Waals surface area contributed by atoms with Crippen molar-refractivity contribution in [3.05, 3.63) is 74.7 Å². The molecule has 2 unspecified atom stereocenters. The van der Waals surface area contributed by atoms with E-state index in [4.69, 9.17) is 14.6 Å². The minimum atomic E-state index is -1.04. The van der Waals surface area contributed by atoms with Crippen LogP contribution in [0.5, 0.6) is 11.5 Å². The van der Waals surface area contributed by atoms with Gasteiger partial charge < -0.3 is 24.5 Å². The van der Waals surface area contributed by atoms with Gasteiger partial charge in [-0.15, -0.1) is 0 Å². The van der Waals surface area contributed by atoms with Gasteiger partial charge in [0.2, 0.25) is 0 Å². The minimum absolute atomic E-state index is 0.108. The molecule has 0 fully saturated rings. The maximum absolute atomic E-state index is 13.8. The lowest BCUT2D eigenvalue weighted by Gasteiger charge is -2.20. The van der Waals surface area contributed by atoms with Crippen LogP contribution in [0.2, 0.25) is 0 Å². The van der Waals surface area contributed by atoms with Crippen molar-refractivity contribution in [1.82, 2.24) is 14.9 Å². The SMILES string of the molecule is COc1ccc(Cn2c(=O)c3c(C)nccc3c3cc(Br)c(OCC(C)CC(C)NC(=O)O)cc32)cc1. The molecular formula is C28H30BrN3O5. The van der Waals surface area contributed by atoms with Crippen molar-refractivity contribution < 1.29 is 19.4 Å². The van der Waals surface area contributed by atoms with E-state index in [-0.39, 0.29) is 17.5 Å². The molecule has 4 aromatic rings. The summed E-state index contributed by atoms with van der Waals surface area (Å²) in [6.07, 6.45) is 1.32. The van der Waals surface area contributed by atoms with Crippen LogP contribution in [0, 0.1) is 12.8 Å². The number of hydrogen-bond donors (Lipinski definition) is 2. The number of nitrogens with zero attached hydrogens (tertiary/aromatic N) is 2. The van der Waals surface area contributed by atoms with Gasteiger partial charge in [-0.25, -0.2) is 4.79 Å². The fourth-order valence-electron chi connectivity index (χ4n) is 4.64. The van der Waals surface area contributed by atoms with Crippen molar-refractivity contribution in [2.45, 2.75) is 39.8 Å². The Morgan fingerprint density at radius 1 is 1.16 bits per heavy atom. The number of nitrogens with one attached hydrogen (secondary N) is 1. The van der Waals surface area contributed by atoms with E-state index >= 15 is 0 Å². The average molecular weight is 568 g/mol. The van der Waals surface area contributed by atoms with Gasteiger partial charge in [0.15, 0.2) is 0 Å². The number of carbonyl (C=O) groups is 1. The van der Waals surface area contributed by atoms with Crippen LogP contribution in [0.1, 0.15) is 31.5 Å². The van der Waals surface area contributed by atoms with Crippen LogP contribution < -0.4 is 20.3 Å². The Morgan fingerprint density at radius 2 is 1.89 bits per heavy atom. The van der Waals surface area contributed by atoms with Crippen molar-refractivity contribution in [3.63, 3.8) is 0 Å². The highest BCUT2D eigenvalue weighted by molar-refractivity contribution is 9.10. The molecule has 0 bridgehead atoms. The van der Waals surface area contributed by atoms with E-state index in [0.717, 1.165) is 32.1 Å². The van der Waals surface area contributed by atoms with E-state index in [2.05, 4.69) is 26.2 Å². The van der Waals surface area contributed by atoms with Gasteiger partial charge in [-0.05, 0) is 77.3 Å². The van der Waals surface area contributed by atoms with Crippen LogP contribution in [0.3, 0.4) is 0 Å². The number of benzene rings is 2. The molecule has 8 nitrogen and oxygen atoms in total. The zero-order valence-electron chi connectivity index (χ0n) is 21.2. The van der Waals surface area contributed by atoms with Gasteiger partial charge in [0.25, 0.3) is 5.56 Å². The predicted molar refractivity (Wildman–Crippen MR) is 148 cm³/mol. The molecule has 0 radical (unpaired) electrons. The Kier molecular flexibility index (Phi) is 8.02. The Balaban J connectivity index is 1.75. The van der Waals surface area contributed by atoms with Crippen LogP contribution in [0.15, 0.2) is 57.9 Å². The Bertz CT molecular complexity index is 1500. The van der Waals surface area contributed by atoms with E-state index in [1.807, 2.05) is 63.2 Å². The van der Waals surface area contributed by atoms with Gasteiger partial charge in [0, 0.05) is 23.7 Å². The molecule has 2 aromatic heterocycles. The van der Waals surface area contributed by atoms with E-state index in [1.54, 1.807) is 17.9 Å². The summed E-state index contributed by atoms with van der Waals surface area (Å²) in [5.41, 5.74) is 2.29. The van der Waals surface area contributed by atoms with Crippen molar-refractivity contribution in [3.8, 4) is 11.5 Å². The maximum atomic E-state index is 13.8. The summed E-state index contributed by atoms with van der Waals surface area (Å²) >= 11 is 3.65. The van der Waals surface area contributed by atoms with Gasteiger partial charge in [-0.1, -0.05) is 19.1 Å². The molecule has 0 spiro atoms. The molecule has 2 atom stereocenters. The van der Waals surface area contributed by atoms with Crippen molar-refractivity contribution in [2.75, 3.05) is 13.7 Å². The number of halogens is 1. The number of aromatic nitrogens is 2. The molecule has 1 amide bonds. The van der Waals surface area contributed by atoms with Gasteiger partial charge in [0.05, 0.1) is 41.3 Å². The average Bonchev–Trinajstić information content (AvgIpc) is 2.85. The normalized spacial score (nSPS) is 12.9. The summed E-state index contributed by atoms with van der Waals surface area (Å²) in [5, 5.41) is 13.8. The van der Waals surface area contributed by atoms with Gasteiger partial charge in [0.1, 0.15) is 11.5 Å². The number of amides is 1. The number of fused-ring (bicyclic) bond motifs is 3. The first-order chi connectivity index (χ1) is 17.7. The lowest BCUT2D eigenvalue weighted by molar-refractivity contribution is 0.185. The summed E-state index contributed by atoms with van der Waals surface area (Å²) < 4.78 is 14.0. The molecule has 0 aliphatic heterocycles. The monoisotopic (exact) mass is 567 g/mol. The van der Waals surface area contributed by atoms with E-state index in [1.165, 1.54) is 0 Å². The molecule has 194 valence electrons. The summed E-state index contributed by atoms with van der Waals surface area (Å²) in [4.78, 5) is 29.0. The summed E-state index contributed by atoms with van der Waals surface area (Å²) in [7, 11) is 1.62. The second kappa shape index (κ2) is 11.2. The number of carboxylic acid groups (broad SMARTS) is 1. The fraction of sp³-hybridized carbons (Fsp3) is 0.321. The third kappa shape index (κ3) is 5.88. The third-order valence-electron chi connectivity index (χ3n) is 6.38. The first-order valence-corrected chi connectivity index (χ1v) is 12.8. The molecule has 37 heavy (non-hydrogen) atoms. The van der Waals surface area contributed by atoms with Crippen LogP contribution in [0.4, 0.5) is 4.79 Å². The van der Waals surface area contributed by atoms with E-state index in [0.29, 0.717) is 36.4 Å². The molecule has 0 aliphatic rings. The molecule has 0 saturated carbocycles. The van der Waals surface area contributed by atoms with E-state index < -0.39 is 6.09 Å². The second-order valence-electron chi connectivity index (χ2n) is 9.36. The molecule has 0 aliphatic carbocycles. The highest BCUT2D eigenvalue weighted by Crippen LogP contribution is 2.34. The fourth-order valence-corrected chi connectivity index (χ4v) is 5.10. The van der Waals surface area contributed by atoms with Gasteiger partial charge >= 0.3 is 6.09 Å². The first-order valence-electron chi connectivity index (χ1n) is 12.0. The smallest absolute Gasteiger partial charge is 0.404 e. The Hall–Kier alpha value is -3.59. The van der Waals surface area contributed by atoms with Crippen molar-refractivity contribution in [1.29, 1.82) is 0 Å². The summed E-state index contributed by atoms with van der Waals surface area (Å²) in [6, 6.07) is 13.2. The van der Waals surface area contributed by atoms with Crippen LogP contribution in [-0.4, -0.2) is 40.5 Å². The number of methoxy groups -OCH3 is 1. The van der Waals surface area contributed by atoms with Crippen LogP contribution in [0.25, 0.3) is 21.7 Å². The highest BCUT2D eigenvalue weighted by atomic mass is 79.9. The van der Waals surface area contributed by atoms with Gasteiger partial charge in [-0.3, -0.25) is 9.78 Å². The standard InChI is InChI=1S/C28H30BrN3O5/c1-16(11-17(2)31-28(34)35)15-37-25-13-24-22(12-23(25)29)21-9-10-30-18(3)26(21)27(33)32(24)14-19-5-7-20(36-4)8-6-19/h5-10,12-13,16-17,31H,11,14-15H2,1-4H3,(H,34,35). The number of pyridine rings is 2. The first kappa shape index (κ1) is 26.5. The third-order valence-corrected chi connectivity index (χ3v) is 7.00. The molecule has 2 N–H and O–H groups in total. The molecular weight excluding hydrogens is 538 g/mol. The second-order valence-corrected chi connectivity index (χ2v) is 10.2. The lowest BCUT2D eigenvalue weighted by Crippen LogP contribution is -2.33. The lowest BCUT2D eigenvalue weighted by atomic mass is 10.0. The number of rotatable bonds is 9. The predicted octanol–water partition coefficient (Wildman–Crippen LogP) is 5.74. The molecule has 9 heteroatoms. The Morgan fingerprint density at radius 3 is 2.57 bits per heavy atom. The zero-order chi connectivity index (χ0) is 26.7. The number of hydrogen-bond acceptors (Lipinski definition) is 5. The number of aryl methyl sites for hydroxylation is 1. The van der Waals surface area contributed by atoms with Crippen molar-refractivity contribution >= 4 is 43.7 Å². The molecule has 4 rings (SSSR count). The van der Waals surface area contributed by atoms with Crippen LogP contribution >= 0.6 is 15.9 Å². The van der Waals surface area contributed by atoms with E-state index in [9.17, 15) is 9.59 Å². The molecule has 2 aromatic carbocycles. The largest absolute Gasteiger partial charge is 0.497 e. The topological polar surface area (TPSA) is 103 Å². The summed E-state index contributed by atoms with van der Waals surface area (Å²) in [6.45, 7) is 6.46.